The Bertz CT molecular complexity index is 1590. The SMILES string of the molecule is Nc1ncc(-c2nc(N3CCOCC3)c3nc(-c4cccc(C(F)CCN[SH](=O)=O)c4F)ccc3n2)cc1Cl. The van der Waals surface area contributed by atoms with Crippen LogP contribution < -0.4 is 15.4 Å². The molecule has 1 unspecified atom stereocenters. The number of fused-ring (bicyclic) bond motifs is 1. The maximum absolute atomic E-state index is 15.5. The summed E-state index contributed by atoms with van der Waals surface area (Å²) in [6.07, 6.45) is -0.383. The van der Waals surface area contributed by atoms with Crippen LogP contribution in [0.2, 0.25) is 5.02 Å². The van der Waals surface area contributed by atoms with Gasteiger partial charge in [-0.25, -0.2) is 41.9 Å². The molecule has 0 bridgehead atoms. The molecule has 39 heavy (non-hydrogen) atoms. The van der Waals surface area contributed by atoms with Crippen LogP contribution in [-0.4, -0.2) is 61.2 Å². The quantitative estimate of drug-likeness (QED) is 0.270. The van der Waals surface area contributed by atoms with Gasteiger partial charge < -0.3 is 15.4 Å². The van der Waals surface area contributed by atoms with Crippen LogP contribution in [0.25, 0.3) is 33.7 Å². The summed E-state index contributed by atoms with van der Waals surface area (Å²) >= 11 is 6.18. The zero-order chi connectivity index (χ0) is 27.5. The average molecular weight is 576 g/mol. The summed E-state index contributed by atoms with van der Waals surface area (Å²) < 4.78 is 59.3. The molecule has 3 aromatic heterocycles. The van der Waals surface area contributed by atoms with Crippen molar-refractivity contribution >= 4 is 45.2 Å². The number of halogens is 3. The van der Waals surface area contributed by atoms with Gasteiger partial charge in [0.15, 0.2) is 11.6 Å². The number of thiol groups is 1. The van der Waals surface area contributed by atoms with Crippen molar-refractivity contribution < 1.29 is 21.9 Å². The first-order valence-electron chi connectivity index (χ1n) is 12.1. The molecule has 204 valence electrons. The Labute approximate surface area is 229 Å². The Balaban J connectivity index is 1.58. The molecule has 14 heteroatoms. The number of alkyl halides is 1. The van der Waals surface area contributed by atoms with Crippen LogP contribution in [0, 0.1) is 5.82 Å². The van der Waals surface area contributed by atoms with E-state index in [2.05, 4.69) is 14.7 Å². The molecule has 1 aliphatic heterocycles. The fourth-order valence-corrected chi connectivity index (χ4v) is 4.75. The third-order valence-electron chi connectivity index (χ3n) is 6.24. The molecule has 5 rings (SSSR count). The first kappa shape index (κ1) is 27.1. The third kappa shape index (κ3) is 5.91. The molecule has 1 fully saturated rings. The Hall–Kier alpha value is -3.52. The maximum Gasteiger partial charge on any atom is 0.201 e. The van der Waals surface area contributed by atoms with Gasteiger partial charge in [0.25, 0.3) is 0 Å². The van der Waals surface area contributed by atoms with E-state index in [0.29, 0.717) is 54.5 Å². The number of nitrogens with zero attached hydrogens (tertiary/aromatic N) is 5. The van der Waals surface area contributed by atoms with Crippen molar-refractivity contribution in [1.82, 2.24) is 24.7 Å². The van der Waals surface area contributed by atoms with E-state index in [4.69, 9.17) is 32.0 Å². The van der Waals surface area contributed by atoms with Crippen molar-refractivity contribution in [3.8, 4) is 22.6 Å². The number of anilines is 2. The maximum atomic E-state index is 15.5. The predicted octanol–water partition coefficient (Wildman–Crippen LogP) is 3.48. The van der Waals surface area contributed by atoms with Crippen molar-refractivity contribution in [2.45, 2.75) is 12.6 Å². The molecular formula is C25H24ClF2N7O3S. The molecule has 0 amide bonds. The molecule has 3 N–H and O–H groups in total. The fourth-order valence-electron chi connectivity index (χ4n) is 4.27. The summed E-state index contributed by atoms with van der Waals surface area (Å²) in [6, 6.07) is 9.33. The number of aromatic nitrogens is 4. The number of hydrogen-bond donors (Lipinski definition) is 3. The average Bonchev–Trinajstić information content (AvgIpc) is 2.94. The predicted molar refractivity (Wildman–Crippen MR) is 145 cm³/mol. The van der Waals surface area contributed by atoms with E-state index in [-0.39, 0.29) is 40.6 Å². The highest BCUT2D eigenvalue weighted by Gasteiger charge is 2.22. The monoisotopic (exact) mass is 575 g/mol. The lowest BCUT2D eigenvalue weighted by Gasteiger charge is -2.28. The van der Waals surface area contributed by atoms with Gasteiger partial charge in [-0.15, -0.1) is 0 Å². The third-order valence-corrected chi connectivity index (χ3v) is 7.03. The van der Waals surface area contributed by atoms with E-state index in [0.717, 1.165) is 0 Å². The second-order valence-electron chi connectivity index (χ2n) is 8.76. The molecule has 0 radical (unpaired) electrons. The largest absolute Gasteiger partial charge is 0.382 e. The van der Waals surface area contributed by atoms with Gasteiger partial charge in [-0.1, -0.05) is 23.7 Å². The second-order valence-corrected chi connectivity index (χ2v) is 9.99. The number of ether oxygens (including phenoxy) is 1. The van der Waals surface area contributed by atoms with Crippen LogP contribution in [-0.2, 0) is 15.6 Å². The van der Waals surface area contributed by atoms with E-state index >= 15 is 4.39 Å². The smallest absolute Gasteiger partial charge is 0.201 e. The van der Waals surface area contributed by atoms with Gasteiger partial charge in [0.1, 0.15) is 23.3 Å². The summed E-state index contributed by atoms with van der Waals surface area (Å²) in [5.74, 6) is 0.329. The normalized spacial score (nSPS) is 14.7. The Kier molecular flexibility index (Phi) is 8.12. The number of nitrogen functional groups attached to an aromatic ring is 1. The number of pyridine rings is 2. The molecule has 0 spiro atoms. The minimum absolute atomic E-state index is 0.103. The summed E-state index contributed by atoms with van der Waals surface area (Å²) in [6.45, 7) is 1.98. The number of hydrogen-bond acceptors (Lipinski definition) is 9. The van der Waals surface area contributed by atoms with E-state index in [9.17, 15) is 12.8 Å². The lowest BCUT2D eigenvalue weighted by Crippen LogP contribution is -2.37. The van der Waals surface area contributed by atoms with Gasteiger partial charge in [-0.2, -0.15) is 0 Å². The molecule has 4 aromatic rings. The first-order chi connectivity index (χ1) is 18.8. The Morgan fingerprint density at radius 1 is 1.15 bits per heavy atom. The lowest BCUT2D eigenvalue weighted by atomic mass is 10.0. The van der Waals surface area contributed by atoms with Gasteiger partial charge in [0.2, 0.25) is 10.9 Å². The number of nitrogens with two attached hydrogens (primary N) is 1. The molecule has 10 nitrogen and oxygen atoms in total. The van der Waals surface area contributed by atoms with E-state index in [1.807, 2.05) is 4.90 Å². The Morgan fingerprint density at radius 2 is 1.95 bits per heavy atom. The van der Waals surface area contributed by atoms with Crippen molar-refractivity contribution in [3.63, 3.8) is 0 Å². The molecule has 1 aromatic carbocycles. The van der Waals surface area contributed by atoms with Crippen LogP contribution in [0.3, 0.4) is 0 Å². The zero-order valence-electron chi connectivity index (χ0n) is 20.5. The van der Waals surface area contributed by atoms with Crippen molar-refractivity contribution in [2.75, 3.05) is 43.5 Å². The molecule has 1 atom stereocenters. The summed E-state index contributed by atoms with van der Waals surface area (Å²) in [7, 11) is -2.86. The molecular weight excluding hydrogens is 552 g/mol. The minimum Gasteiger partial charge on any atom is -0.382 e. The summed E-state index contributed by atoms with van der Waals surface area (Å²) in [5, 5.41) is 0.275. The second kappa shape index (κ2) is 11.7. The van der Waals surface area contributed by atoms with Crippen LogP contribution in [0.5, 0.6) is 0 Å². The van der Waals surface area contributed by atoms with Crippen LogP contribution in [0.15, 0.2) is 42.6 Å². The molecule has 0 aliphatic carbocycles. The van der Waals surface area contributed by atoms with Gasteiger partial charge in [0, 0.05) is 42.5 Å². The highest BCUT2D eigenvalue weighted by Crippen LogP contribution is 2.34. The van der Waals surface area contributed by atoms with Gasteiger partial charge >= 0.3 is 0 Å². The number of nitrogens with one attached hydrogen (secondary N) is 1. The van der Waals surface area contributed by atoms with E-state index in [1.165, 1.54) is 24.4 Å². The summed E-state index contributed by atoms with van der Waals surface area (Å²) in [4.78, 5) is 20.2. The van der Waals surface area contributed by atoms with E-state index < -0.39 is 22.9 Å². The van der Waals surface area contributed by atoms with Crippen LogP contribution in [0.1, 0.15) is 18.2 Å². The van der Waals surface area contributed by atoms with Crippen LogP contribution in [0.4, 0.5) is 20.4 Å². The van der Waals surface area contributed by atoms with E-state index in [1.54, 1.807) is 18.2 Å². The fraction of sp³-hybridized carbons (Fsp3) is 0.280. The first-order valence-corrected chi connectivity index (χ1v) is 13.6. The standard InChI is InChI=1S/C25H24ClF2N7O3S/c26-17-12-14(13-30-23(17)29)24-33-20-5-4-19(32-22(20)25(34-24)35-8-10-38-11-9-35)16-3-1-2-15(21(16)28)18(27)6-7-31-39(36)37/h1-5,12-13,18,39H,6-11H2,(H2,29,30)(H,31,36,37). The Morgan fingerprint density at radius 3 is 2.69 bits per heavy atom. The van der Waals surface area contributed by atoms with Gasteiger partial charge in [-0.05, 0) is 30.7 Å². The highest BCUT2D eigenvalue weighted by atomic mass is 35.5. The van der Waals surface area contributed by atoms with Crippen molar-refractivity contribution in [3.05, 3.63) is 59.0 Å². The minimum atomic E-state index is -2.86. The molecule has 1 aliphatic rings. The highest BCUT2D eigenvalue weighted by molar-refractivity contribution is 7.70. The molecule has 1 saturated heterocycles. The number of morpholine rings is 1. The van der Waals surface area contributed by atoms with Crippen molar-refractivity contribution in [2.24, 2.45) is 0 Å². The number of benzene rings is 1. The zero-order valence-corrected chi connectivity index (χ0v) is 22.1. The lowest BCUT2D eigenvalue weighted by molar-refractivity contribution is 0.122. The number of rotatable bonds is 8. The molecule has 0 saturated carbocycles. The van der Waals surface area contributed by atoms with Crippen LogP contribution >= 0.6 is 11.6 Å². The molecule has 4 heterocycles. The van der Waals surface area contributed by atoms with Gasteiger partial charge in [0.05, 0.1) is 29.4 Å². The topological polar surface area (TPSA) is 136 Å². The summed E-state index contributed by atoms with van der Waals surface area (Å²) in [5.41, 5.74) is 7.48. The van der Waals surface area contributed by atoms with Gasteiger partial charge in [-0.3, -0.25) is 0 Å². The van der Waals surface area contributed by atoms with Crippen molar-refractivity contribution in [1.29, 1.82) is 0 Å².